The predicted octanol–water partition coefficient (Wildman–Crippen LogP) is 3.66. The molecule has 28 heavy (non-hydrogen) atoms. The number of halogens is 1. The number of hydrogen-bond acceptors (Lipinski definition) is 4. The van der Waals surface area contributed by atoms with Crippen molar-refractivity contribution in [1.82, 2.24) is 4.90 Å². The summed E-state index contributed by atoms with van der Waals surface area (Å²) in [5, 5.41) is 2.84. The Bertz CT molecular complexity index is 903. The summed E-state index contributed by atoms with van der Waals surface area (Å²) in [5.41, 5.74) is 2.34. The van der Waals surface area contributed by atoms with Crippen LogP contribution in [0.3, 0.4) is 0 Å². The van der Waals surface area contributed by atoms with Gasteiger partial charge in [0.05, 0.1) is 19.9 Å². The summed E-state index contributed by atoms with van der Waals surface area (Å²) in [6.07, 6.45) is 0. The average molecular weight is 448 g/mol. The van der Waals surface area contributed by atoms with E-state index in [0.29, 0.717) is 36.0 Å². The van der Waals surface area contributed by atoms with Gasteiger partial charge in [0.25, 0.3) is 0 Å². The van der Waals surface area contributed by atoms with Gasteiger partial charge in [-0.25, -0.2) is 4.79 Å². The van der Waals surface area contributed by atoms with E-state index in [-0.39, 0.29) is 18.5 Å². The minimum Gasteiger partial charge on any atom is -0.497 e. The van der Waals surface area contributed by atoms with Gasteiger partial charge in [0.2, 0.25) is 5.91 Å². The number of nitrogens with zero attached hydrogens (tertiary/aromatic N) is 2. The number of methoxy groups -OCH3 is 2. The van der Waals surface area contributed by atoms with Crippen molar-refractivity contribution in [2.75, 3.05) is 44.1 Å². The smallest absolute Gasteiger partial charge is 0.325 e. The van der Waals surface area contributed by atoms with Gasteiger partial charge >= 0.3 is 6.03 Å². The van der Waals surface area contributed by atoms with E-state index in [9.17, 15) is 9.59 Å². The number of carbonyl (C=O) groups excluding carboxylic acids is 2. The Morgan fingerprint density at radius 3 is 2.61 bits per heavy atom. The van der Waals surface area contributed by atoms with Crippen molar-refractivity contribution in [2.24, 2.45) is 0 Å². The molecule has 2 aromatic carbocycles. The Morgan fingerprint density at radius 1 is 1.14 bits per heavy atom. The van der Waals surface area contributed by atoms with Crippen molar-refractivity contribution in [3.8, 4) is 11.5 Å². The molecule has 0 bridgehead atoms. The van der Waals surface area contributed by atoms with Gasteiger partial charge in [-0.05, 0) is 42.8 Å². The number of aryl methyl sites for hydroxylation is 1. The molecule has 1 aliphatic rings. The molecule has 8 heteroatoms. The molecule has 1 heterocycles. The summed E-state index contributed by atoms with van der Waals surface area (Å²) < 4.78 is 11.6. The quantitative estimate of drug-likeness (QED) is 0.733. The van der Waals surface area contributed by atoms with Gasteiger partial charge in [-0.2, -0.15) is 0 Å². The van der Waals surface area contributed by atoms with Crippen molar-refractivity contribution in [3.05, 3.63) is 46.4 Å². The number of rotatable bonds is 6. The van der Waals surface area contributed by atoms with Gasteiger partial charge in [0.15, 0.2) is 0 Å². The van der Waals surface area contributed by atoms with Crippen LogP contribution in [0.2, 0.25) is 0 Å². The molecule has 0 atom stereocenters. The monoisotopic (exact) mass is 447 g/mol. The van der Waals surface area contributed by atoms with E-state index in [4.69, 9.17) is 9.47 Å². The summed E-state index contributed by atoms with van der Waals surface area (Å²) in [5.74, 6) is 0.964. The Labute approximate surface area is 172 Å². The van der Waals surface area contributed by atoms with Crippen LogP contribution in [0.25, 0.3) is 0 Å². The van der Waals surface area contributed by atoms with E-state index >= 15 is 0 Å². The molecule has 2 aromatic rings. The number of amides is 3. The molecule has 0 aliphatic carbocycles. The van der Waals surface area contributed by atoms with Gasteiger partial charge in [0.1, 0.15) is 18.0 Å². The second-order valence-corrected chi connectivity index (χ2v) is 7.26. The molecule has 7 nitrogen and oxygen atoms in total. The van der Waals surface area contributed by atoms with Crippen LogP contribution in [0.5, 0.6) is 11.5 Å². The number of anilines is 2. The molecule has 0 saturated carbocycles. The fourth-order valence-electron chi connectivity index (χ4n) is 3.06. The first-order chi connectivity index (χ1) is 13.4. The normalized spacial score (nSPS) is 13.6. The molecule has 0 spiro atoms. The number of benzene rings is 2. The number of carbonyl (C=O) groups is 2. The van der Waals surface area contributed by atoms with Gasteiger partial charge < -0.3 is 19.7 Å². The molecule has 0 radical (unpaired) electrons. The SMILES string of the molecule is COc1ccc(OC)c(N2CCN(CC(=O)Nc3ccc(Br)c(C)c3)C2=O)c1. The maximum Gasteiger partial charge on any atom is 0.325 e. The van der Waals surface area contributed by atoms with Crippen LogP contribution in [0.4, 0.5) is 16.2 Å². The Balaban J connectivity index is 1.68. The zero-order valence-corrected chi connectivity index (χ0v) is 17.6. The van der Waals surface area contributed by atoms with Crippen molar-refractivity contribution < 1.29 is 19.1 Å². The maximum absolute atomic E-state index is 12.8. The van der Waals surface area contributed by atoms with Crippen molar-refractivity contribution in [1.29, 1.82) is 0 Å². The Kier molecular flexibility index (Phi) is 6.08. The third-order valence-electron chi connectivity index (χ3n) is 4.55. The fraction of sp³-hybridized carbons (Fsp3) is 0.300. The number of urea groups is 1. The third kappa shape index (κ3) is 4.22. The Morgan fingerprint density at radius 2 is 1.93 bits per heavy atom. The summed E-state index contributed by atoms with van der Waals surface area (Å²) in [6.45, 7) is 2.85. The van der Waals surface area contributed by atoms with Gasteiger partial charge in [-0.1, -0.05) is 15.9 Å². The first kappa shape index (κ1) is 20.0. The summed E-state index contributed by atoms with van der Waals surface area (Å²) in [7, 11) is 3.12. The first-order valence-corrected chi connectivity index (χ1v) is 9.56. The van der Waals surface area contributed by atoms with E-state index in [0.717, 1.165) is 10.0 Å². The lowest BCUT2D eigenvalue weighted by Gasteiger charge is -2.21. The Hall–Kier alpha value is -2.74. The molecular formula is C20H22BrN3O4. The molecule has 1 N–H and O–H groups in total. The molecule has 0 unspecified atom stereocenters. The second-order valence-electron chi connectivity index (χ2n) is 6.41. The molecular weight excluding hydrogens is 426 g/mol. The van der Waals surface area contributed by atoms with E-state index in [1.54, 1.807) is 37.3 Å². The fourth-order valence-corrected chi connectivity index (χ4v) is 3.30. The van der Waals surface area contributed by atoms with E-state index in [1.165, 1.54) is 4.90 Å². The molecule has 1 fully saturated rings. The average Bonchev–Trinajstić information content (AvgIpc) is 3.04. The highest BCUT2D eigenvalue weighted by atomic mass is 79.9. The van der Waals surface area contributed by atoms with Crippen LogP contribution in [-0.4, -0.2) is 50.7 Å². The lowest BCUT2D eigenvalue weighted by molar-refractivity contribution is -0.116. The predicted molar refractivity (Wildman–Crippen MR) is 111 cm³/mol. The number of nitrogens with one attached hydrogen (secondary N) is 1. The number of hydrogen-bond donors (Lipinski definition) is 1. The van der Waals surface area contributed by atoms with E-state index in [2.05, 4.69) is 21.2 Å². The van der Waals surface area contributed by atoms with Crippen LogP contribution >= 0.6 is 15.9 Å². The van der Waals surface area contributed by atoms with Gasteiger partial charge in [-0.3, -0.25) is 9.69 Å². The van der Waals surface area contributed by atoms with E-state index in [1.807, 2.05) is 25.1 Å². The minimum absolute atomic E-state index is 0.0171. The summed E-state index contributed by atoms with van der Waals surface area (Å²) in [4.78, 5) is 28.3. The third-order valence-corrected chi connectivity index (χ3v) is 5.44. The van der Waals surface area contributed by atoms with Crippen LogP contribution < -0.4 is 19.7 Å². The zero-order valence-electron chi connectivity index (χ0n) is 16.0. The highest BCUT2D eigenvalue weighted by Gasteiger charge is 2.32. The van der Waals surface area contributed by atoms with Gasteiger partial charge in [-0.15, -0.1) is 0 Å². The summed E-state index contributed by atoms with van der Waals surface area (Å²) in [6, 6.07) is 10.6. The zero-order chi connectivity index (χ0) is 20.3. The van der Waals surface area contributed by atoms with Gasteiger partial charge in [0, 0.05) is 29.3 Å². The van der Waals surface area contributed by atoms with E-state index < -0.39 is 0 Å². The highest BCUT2D eigenvalue weighted by Crippen LogP contribution is 2.34. The second kappa shape index (κ2) is 8.52. The standard InChI is InChI=1S/C20H22BrN3O4/c1-13-10-14(4-6-16(13)21)22-19(25)12-23-8-9-24(20(23)26)17-11-15(27-2)5-7-18(17)28-3/h4-7,10-11H,8-9,12H2,1-3H3,(H,22,25). The lowest BCUT2D eigenvalue weighted by atomic mass is 10.2. The molecule has 148 valence electrons. The van der Waals surface area contributed by atoms with Crippen molar-refractivity contribution in [3.63, 3.8) is 0 Å². The van der Waals surface area contributed by atoms with Crippen molar-refractivity contribution >= 4 is 39.2 Å². The van der Waals surface area contributed by atoms with Crippen LogP contribution in [-0.2, 0) is 4.79 Å². The minimum atomic E-state index is -0.242. The molecule has 1 aliphatic heterocycles. The summed E-state index contributed by atoms with van der Waals surface area (Å²) >= 11 is 3.43. The molecule has 1 saturated heterocycles. The van der Waals surface area contributed by atoms with Crippen LogP contribution in [0.1, 0.15) is 5.56 Å². The molecule has 0 aromatic heterocycles. The first-order valence-electron chi connectivity index (χ1n) is 8.77. The highest BCUT2D eigenvalue weighted by molar-refractivity contribution is 9.10. The van der Waals surface area contributed by atoms with Crippen molar-refractivity contribution in [2.45, 2.75) is 6.92 Å². The molecule has 3 rings (SSSR count). The van der Waals surface area contributed by atoms with Crippen LogP contribution in [0, 0.1) is 6.92 Å². The topological polar surface area (TPSA) is 71.1 Å². The lowest BCUT2D eigenvalue weighted by Crippen LogP contribution is -2.37. The van der Waals surface area contributed by atoms with Crippen LogP contribution in [0.15, 0.2) is 40.9 Å². The maximum atomic E-state index is 12.8. The largest absolute Gasteiger partial charge is 0.497 e. The number of ether oxygens (including phenoxy) is 2. The molecule has 3 amide bonds.